The van der Waals surface area contributed by atoms with E-state index < -0.39 is 6.10 Å². The van der Waals surface area contributed by atoms with E-state index in [1.807, 2.05) is 47.0 Å². The molecule has 1 heterocycles. The summed E-state index contributed by atoms with van der Waals surface area (Å²) in [6.45, 7) is 4.61. The smallest absolute Gasteiger partial charge is 0.258 e. The molecule has 0 aliphatic carbocycles. The Morgan fingerprint density at radius 2 is 1.82 bits per heavy atom. The number of pyridine rings is 1. The second kappa shape index (κ2) is 5.93. The van der Waals surface area contributed by atoms with Crippen molar-refractivity contribution in [1.82, 2.24) is 4.57 Å². The standard InChI is InChI=1S/C19H21NO2/c1-3-4-11-20-18-10-9-14(13(2)21)12-17(18)15-7-5-6-8-16(15)19(20)22/h5-10,12-13,21H,3-4,11H2,1-2H3. The molecule has 1 atom stereocenters. The SMILES string of the molecule is CCCCn1c(=O)c2ccccc2c2cc(C(C)O)ccc21. The van der Waals surface area contributed by atoms with Crippen LogP contribution < -0.4 is 5.56 Å². The molecule has 3 aromatic rings. The van der Waals surface area contributed by atoms with Crippen molar-refractivity contribution in [2.24, 2.45) is 0 Å². The van der Waals surface area contributed by atoms with E-state index in [0.29, 0.717) is 0 Å². The lowest BCUT2D eigenvalue weighted by Gasteiger charge is -2.14. The number of hydrogen-bond donors (Lipinski definition) is 1. The van der Waals surface area contributed by atoms with E-state index in [9.17, 15) is 9.90 Å². The fourth-order valence-electron chi connectivity index (χ4n) is 2.96. The maximum atomic E-state index is 12.8. The maximum absolute atomic E-state index is 12.8. The summed E-state index contributed by atoms with van der Waals surface area (Å²) >= 11 is 0. The molecule has 0 aliphatic heterocycles. The fourth-order valence-corrected chi connectivity index (χ4v) is 2.96. The van der Waals surface area contributed by atoms with Crippen LogP contribution in [0.25, 0.3) is 21.7 Å². The number of rotatable bonds is 4. The van der Waals surface area contributed by atoms with Gasteiger partial charge in [0, 0.05) is 17.3 Å². The molecule has 0 radical (unpaired) electrons. The molecule has 0 fully saturated rings. The first-order valence-corrected chi connectivity index (χ1v) is 7.86. The summed E-state index contributed by atoms with van der Waals surface area (Å²) in [7, 11) is 0. The molecule has 1 unspecified atom stereocenters. The van der Waals surface area contributed by atoms with Gasteiger partial charge in [-0.25, -0.2) is 0 Å². The van der Waals surface area contributed by atoms with Gasteiger partial charge in [0.05, 0.1) is 11.6 Å². The first-order chi connectivity index (χ1) is 10.6. The summed E-state index contributed by atoms with van der Waals surface area (Å²) in [6.07, 6.45) is 1.51. The number of unbranched alkanes of at least 4 members (excludes halogenated alkanes) is 1. The van der Waals surface area contributed by atoms with E-state index in [0.717, 1.165) is 46.6 Å². The third kappa shape index (κ3) is 2.42. The van der Waals surface area contributed by atoms with Gasteiger partial charge in [-0.3, -0.25) is 4.79 Å². The van der Waals surface area contributed by atoms with Crippen molar-refractivity contribution in [3.8, 4) is 0 Å². The second-order valence-corrected chi connectivity index (χ2v) is 5.81. The van der Waals surface area contributed by atoms with Crippen molar-refractivity contribution in [3.05, 3.63) is 58.4 Å². The second-order valence-electron chi connectivity index (χ2n) is 5.81. The topological polar surface area (TPSA) is 42.2 Å². The first kappa shape index (κ1) is 14.8. The lowest BCUT2D eigenvalue weighted by atomic mass is 10.0. The number of fused-ring (bicyclic) bond motifs is 3. The lowest BCUT2D eigenvalue weighted by Crippen LogP contribution is -2.21. The molecule has 3 rings (SSSR count). The van der Waals surface area contributed by atoms with Crippen LogP contribution in [0, 0.1) is 0 Å². The van der Waals surface area contributed by atoms with Gasteiger partial charge >= 0.3 is 0 Å². The largest absolute Gasteiger partial charge is 0.389 e. The van der Waals surface area contributed by atoms with Crippen LogP contribution in [0.4, 0.5) is 0 Å². The quantitative estimate of drug-likeness (QED) is 0.739. The minimum Gasteiger partial charge on any atom is -0.389 e. The highest BCUT2D eigenvalue weighted by atomic mass is 16.3. The molecular formula is C19H21NO2. The highest BCUT2D eigenvalue weighted by Gasteiger charge is 2.12. The van der Waals surface area contributed by atoms with E-state index >= 15 is 0 Å². The highest BCUT2D eigenvalue weighted by molar-refractivity contribution is 6.05. The zero-order valence-corrected chi connectivity index (χ0v) is 13.0. The molecule has 1 aromatic heterocycles. The Kier molecular flexibility index (Phi) is 3.99. The van der Waals surface area contributed by atoms with Gasteiger partial charge in [0.15, 0.2) is 0 Å². The highest BCUT2D eigenvalue weighted by Crippen LogP contribution is 2.26. The van der Waals surface area contributed by atoms with E-state index in [2.05, 4.69) is 6.92 Å². The number of hydrogen-bond acceptors (Lipinski definition) is 2. The van der Waals surface area contributed by atoms with Crippen molar-refractivity contribution in [2.75, 3.05) is 0 Å². The Morgan fingerprint density at radius 1 is 1.09 bits per heavy atom. The Bertz CT molecular complexity index is 878. The number of nitrogens with zero attached hydrogens (tertiary/aromatic N) is 1. The van der Waals surface area contributed by atoms with Gasteiger partial charge in [-0.05, 0) is 42.5 Å². The van der Waals surface area contributed by atoms with E-state index in [-0.39, 0.29) is 5.56 Å². The molecule has 0 saturated carbocycles. The van der Waals surface area contributed by atoms with E-state index in [1.165, 1.54) is 0 Å². The molecule has 22 heavy (non-hydrogen) atoms. The summed E-state index contributed by atoms with van der Waals surface area (Å²) in [6, 6.07) is 13.6. The Morgan fingerprint density at radius 3 is 2.50 bits per heavy atom. The van der Waals surface area contributed by atoms with E-state index in [1.54, 1.807) is 6.92 Å². The number of aliphatic hydroxyl groups is 1. The fraction of sp³-hybridized carbons (Fsp3) is 0.316. The van der Waals surface area contributed by atoms with Crippen LogP contribution in [-0.4, -0.2) is 9.67 Å². The zero-order valence-electron chi connectivity index (χ0n) is 13.0. The molecule has 2 aromatic carbocycles. The van der Waals surface area contributed by atoms with Gasteiger partial charge in [-0.2, -0.15) is 0 Å². The number of aryl methyl sites for hydroxylation is 1. The number of aliphatic hydroxyl groups excluding tert-OH is 1. The van der Waals surface area contributed by atoms with Gasteiger partial charge in [0.25, 0.3) is 5.56 Å². The monoisotopic (exact) mass is 295 g/mol. The average molecular weight is 295 g/mol. The number of aromatic nitrogens is 1. The van der Waals surface area contributed by atoms with Gasteiger partial charge < -0.3 is 9.67 Å². The summed E-state index contributed by atoms with van der Waals surface area (Å²) in [5.74, 6) is 0. The van der Waals surface area contributed by atoms with Gasteiger partial charge in [-0.15, -0.1) is 0 Å². The van der Waals surface area contributed by atoms with E-state index in [4.69, 9.17) is 0 Å². The molecule has 3 nitrogen and oxygen atoms in total. The molecule has 3 heteroatoms. The summed E-state index contributed by atoms with van der Waals surface area (Å²) in [4.78, 5) is 12.8. The van der Waals surface area contributed by atoms with Gasteiger partial charge in [-0.1, -0.05) is 37.6 Å². The predicted octanol–water partition coefficient (Wildman–Crippen LogP) is 4.01. The predicted molar refractivity (Wildman–Crippen MR) is 91.3 cm³/mol. The normalized spacial score (nSPS) is 12.9. The average Bonchev–Trinajstić information content (AvgIpc) is 2.54. The first-order valence-electron chi connectivity index (χ1n) is 7.86. The van der Waals surface area contributed by atoms with Gasteiger partial charge in [0.2, 0.25) is 0 Å². The maximum Gasteiger partial charge on any atom is 0.258 e. The lowest BCUT2D eigenvalue weighted by molar-refractivity contribution is 0.199. The molecule has 0 amide bonds. The number of benzene rings is 2. The molecule has 0 aliphatic rings. The minimum absolute atomic E-state index is 0.0707. The van der Waals surface area contributed by atoms with Crippen LogP contribution >= 0.6 is 0 Å². The third-order valence-corrected chi connectivity index (χ3v) is 4.22. The summed E-state index contributed by atoms with van der Waals surface area (Å²) < 4.78 is 1.87. The van der Waals surface area contributed by atoms with Crippen LogP contribution in [0.2, 0.25) is 0 Å². The van der Waals surface area contributed by atoms with Crippen LogP contribution in [0.3, 0.4) is 0 Å². The molecule has 0 spiro atoms. The Hall–Kier alpha value is -2.13. The Labute approximate surface area is 129 Å². The van der Waals surface area contributed by atoms with Crippen molar-refractivity contribution >= 4 is 21.7 Å². The molecule has 0 saturated heterocycles. The third-order valence-electron chi connectivity index (χ3n) is 4.22. The van der Waals surface area contributed by atoms with Crippen molar-refractivity contribution < 1.29 is 5.11 Å². The van der Waals surface area contributed by atoms with Crippen molar-refractivity contribution in [1.29, 1.82) is 0 Å². The minimum atomic E-state index is -0.515. The van der Waals surface area contributed by atoms with Gasteiger partial charge in [0.1, 0.15) is 0 Å². The van der Waals surface area contributed by atoms with Crippen molar-refractivity contribution in [2.45, 2.75) is 39.3 Å². The summed E-state index contributed by atoms with van der Waals surface area (Å²) in [5.41, 5.74) is 1.89. The summed E-state index contributed by atoms with van der Waals surface area (Å²) in [5, 5.41) is 12.6. The van der Waals surface area contributed by atoms with Crippen LogP contribution in [0.1, 0.15) is 38.4 Å². The zero-order chi connectivity index (χ0) is 15.7. The molecular weight excluding hydrogens is 274 g/mol. The van der Waals surface area contributed by atoms with Crippen LogP contribution in [0.15, 0.2) is 47.3 Å². The molecule has 0 bridgehead atoms. The Balaban J connectivity index is 2.41. The molecule has 114 valence electrons. The van der Waals surface area contributed by atoms with Crippen LogP contribution in [0.5, 0.6) is 0 Å². The van der Waals surface area contributed by atoms with Crippen molar-refractivity contribution in [3.63, 3.8) is 0 Å². The van der Waals surface area contributed by atoms with Crippen LogP contribution in [-0.2, 0) is 6.54 Å². The molecule has 1 N–H and O–H groups in total.